The molecule has 1 spiro atoms. The number of hydrogen-bond acceptors (Lipinski definition) is 24. The van der Waals surface area contributed by atoms with Gasteiger partial charge in [0, 0.05) is 137 Å². The maximum atomic E-state index is 13.7. The molecule has 4 aliphatic heterocycles. The Bertz CT molecular complexity index is 4640. The van der Waals surface area contributed by atoms with Crippen LogP contribution in [0.1, 0.15) is 38.5 Å². The number of benzene rings is 3. The van der Waals surface area contributed by atoms with Gasteiger partial charge in [0.25, 0.3) is 0 Å². The van der Waals surface area contributed by atoms with E-state index in [4.69, 9.17) is 4.98 Å². The summed E-state index contributed by atoms with van der Waals surface area (Å²) in [6, 6.07) is 23.5. The van der Waals surface area contributed by atoms with Crippen LogP contribution in [0.15, 0.2) is 104 Å². The van der Waals surface area contributed by atoms with E-state index in [1.807, 2.05) is 42.5 Å². The number of alkyl halides is 1. The number of H-pyrrole nitrogens is 3. The van der Waals surface area contributed by atoms with Crippen molar-refractivity contribution in [1.29, 1.82) is 0 Å². The molecule has 5 fully saturated rings. The maximum absolute atomic E-state index is 13.7. The van der Waals surface area contributed by atoms with Gasteiger partial charge in [0.05, 0.1) is 55.3 Å². The SMILES string of the molecule is CN(c1nc2nnc(-c3ccc(-c4cn[nH]c4)cc3O)cc2s1)C1CCN(C2CC2)CC1.CN(c1nc2nnc(-c3ccc(-c4cn[nH]c4)cc3O)cc2s1)C1CCN(CCF)CC1.CN1CC2(C1)CN(c1nc3nnc(-c4ccc(-c5cn[nH]c5F)cc4O)cc3s1)C2. The lowest BCUT2D eigenvalue weighted by atomic mass is 9.73. The van der Waals surface area contributed by atoms with E-state index in [2.05, 4.69) is 122 Å². The van der Waals surface area contributed by atoms with Crippen molar-refractivity contribution in [3.8, 4) is 84.4 Å². The molecule has 13 heterocycles. The molecule has 0 atom stereocenters. The number of nitrogens with one attached hydrogen (secondary N) is 3. The highest BCUT2D eigenvalue weighted by Gasteiger charge is 2.51. The van der Waals surface area contributed by atoms with Crippen molar-refractivity contribution in [3.05, 3.63) is 110 Å². The van der Waals surface area contributed by atoms with Gasteiger partial charge < -0.3 is 44.7 Å². The molecule has 24 nitrogen and oxygen atoms in total. The smallest absolute Gasteiger partial charge is 0.216 e. The van der Waals surface area contributed by atoms with Gasteiger partial charge in [-0.25, -0.2) is 4.39 Å². The summed E-state index contributed by atoms with van der Waals surface area (Å²) in [7, 11) is 6.35. The first-order chi connectivity index (χ1) is 45.8. The van der Waals surface area contributed by atoms with E-state index in [-0.39, 0.29) is 23.9 Å². The average Bonchev–Trinajstić information content (AvgIpc) is 1.09. The van der Waals surface area contributed by atoms with E-state index in [9.17, 15) is 24.1 Å². The summed E-state index contributed by atoms with van der Waals surface area (Å²) in [6.45, 7) is 8.77. The summed E-state index contributed by atoms with van der Waals surface area (Å²) in [4.78, 5) is 28.0. The topological polar surface area (TPSA) is 282 Å². The summed E-state index contributed by atoms with van der Waals surface area (Å²) in [5, 5.41) is 79.8. The number of halogens is 2. The number of fused-ring (bicyclic) bond motifs is 3. The second kappa shape index (κ2) is 25.6. The first kappa shape index (κ1) is 60.9. The Kier molecular flexibility index (Phi) is 16.6. The van der Waals surface area contributed by atoms with Crippen molar-refractivity contribution >= 4 is 80.4 Å². The van der Waals surface area contributed by atoms with Crippen molar-refractivity contribution in [1.82, 2.24) is 90.8 Å². The maximum Gasteiger partial charge on any atom is 0.216 e. The molecule has 5 aliphatic rings. The number of thiazole rings is 3. The first-order valence-electron chi connectivity index (χ1n) is 31.3. The highest BCUT2D eigenvalue weighted by Crippen LogP contribution is 2.45. The lowest BCUT2D eigenvalue weighted by molar-refractivity contribution is -0.00239. The third kappa shape index (κ3) is 12.4. The number of phenols is 3. The van der Waals surface area contributed by atoms with Gasteiger partial charge in [0.1, 0.15) is 23.9 Å². The van der Waals surface area contributed by atoms with E-state index in [1.54, 1.807) is 83.1 Å². The lowest BCUT2D eigenvalue weighted by Gasteiger charge is -2.59. The van der Waals surface area contributed by atoms with E-state index >= 15 is 0 Å². The number of aromatic hydroxyl groups is 3. The zero-order chi connectivity index (χ0) is 64.2. The number of rotatable bonds is 14. The Morgan fingerprint density at radius 2 is 1.02 bits per heavy atom. The molecule has 9 aromatic heterocycles. The lowest BCUT2D eigenvalue weighted by Crippen LogP contribution is -2.71. The van der Waals surface area contributed by atoms with Crippen LogP contribution in [-0.2, 0) is 0 Å². The highest BCUT2D eigenvalue weighted by atomic mass is 32.1. The van der Waals surface area contributed by atoms with Crippen molar-refractivity contribution in [3.63, 3.8) is 0 Å². The standard InChI is InChI=1S/C23H25N7OS.C22H24FN7OS.C20H18FN7OS/c1-29(16-6-8-30(9-7-16)17-3-4-17)23-26-22-21(32-23)11-19(27-28-22)18-5-2-14(10-20(18)31)15-12-24-25-13-15;1-29(16-4-7-30(8-5-16)9-6-23)22-26-21-20(32-22)11-18(27-28-21)17-3-2-14(10-19(17)31)15-12-24-25-13-15;1-27-7-20(8-27)9-28(10-20)19-23-18-16(30-19)5-14(24-26-18)12-3-2-11(4-15(12)29)13-6-22-25-17(13)21/h2,5,10-13,16-17,31H,3-4,6-9H2,1H3,(H,24,25);2-3,10-13,16,31H,4-9H2,1H3,(H,24,25);2-6,29H,7-10H2,1H3,(H,22,25). The van der Waals surface area contributed by atoms with Crippen LogP contribution < -0.4 is 14.7 Å². The van der Waals surface area contributed by atoms with Crippen LogP contribution in [0.4, 0.5) is 24.2 Å². The van der Waals surface area contributed by atoms with Crippen LogP contribution in [0.25, 0.3) is 98.2 Å². The summed E-state index contributed by atoms with van der Waals surface area (Å²) in [6.07, 6.45) is 15.5. The Morgan fingerprint density at radius 3 is 1.47 bits per heavy atom. The van der Waals surface area contributed by atoms with Crippen molar-refractivity contribution < 1.29 is 24.1 Å². The Morgan fingerprint density at radius 1 is 0.543 bits per heavy atom. The molecular formula is C65H67F2N21O3S3. The minimum Gasteiger partial charge on any atom is -0.507 e. The van der Waals surface area contributed by atoms with Gasteiger partial charge in [0.15, 0.2) is 32.3 Å². The fourth-order valence-electron chi connectivity index (χ4n) is 13.3. The van der Waals surface area contributed by atoms with Crippen LogP contribution in [0.3, 0.4) is 0 Å². The fourth-order valence-corrected chi connectivity index (χ4v) is 16.2. The monoisotopic (exact) mass is 1320 g/mol. The van der Waals surface area contributed by atoms with E-state index in [0.29, 0.717) is 85.9 Å². The molecule has 0 bridgehead atoms. The molecule has 94 heavy (non-hydrogen) atoms. The number of anilines is 3. The van der Waals surface area contributed by atoms with E-state index in [1.165, 1.54) is 51.0 Å². The number of likely N-dealkylation sites (tertiary alicyclic amines) is 3. The minimum atomic E-state index is -0.540. The Balaban J connectivity index is 0.000000116. The van der Waals surface area contributed by atoms with Gasteiger partial charge in [-0.3, -0.25) is 15.3 Å². The van der Waals surface area contributed by atoms with E-state index in [0.717, 1.165) is 110 Å². The quantitative estimate of drug-likeness (QED) is 0.0590. The third-order valence-corrected chi connectivity index (χ3v) is 21.8. The molecule has 482 valence electrons. The number of hydrogen-bond donors (Lipinski definition) is 6. The van der Waals surface area contributed by atoms with Crippen LogP contribution in [-0.4, -0.2) is 211 Å². The molecule has 1 aliphatic carbocycles. The van der Waals surface area contributed by atoms with Gasteiger partial charge in [-0.15, -0.1) is 30.6 Å². The normalized spacial score (nSPS) is 17.1. The molecule has 17 rings (SSSR count). The van der Waals surface area contributed by atoms with Crippen LogP contribution in [0.5, 0.6) is 17.2 Å². The second-order valence-corrected chi connectivity index (χ2v) is 28.0. The van der Waals surface area contributed by atoms with Crippen molar-refractivity contribution in [2.24, 2.45) is 5.41 Å². The number of phenolic OH excluding ortho intramolecular Hbond substituents is 3. The molecule has 12 aromatic rings. The zero-order valence-corrected chi connectivity index (χ0v) is 54.2. The van der Waals surface area contributed by atoms with Gasteiger partial charge in [-0.2, -0.15) is 34.6 Å². The zero-order valence-electron chi connectivity index (χ0n) is 51.7. The van der Waals surface area contributed by atoms with Gasteiger partial charge in [-0.05, 0) is 117 Å². The average molecular weight is 1320 g/mol. The van der Waals surface area contributed by atoms with Crippen molar-refractivity contribution in [2.75, 3.05) is 101 Å². The van der Waals surface area contributed by atoms with Gasteiger partial charge in [0.2, 0.25) is 5.95 Å². The molecule has 29 heteroatoms. The second-order valence-electron chi connectivity index (χ2n) is 25.0. The number of nitrogens with zero attached hydrogens (tertiary/aromatic N) is 18. The van der Waals surface area contributed by atoms with Crippen LogP contribution >= 0.6 is 34.0 Å². The summed E-state index contributed by atoms with van der Waals surface area (Å²) in [5.41, 5.74) is 10.3. The molecule has 0 radical (unpaired) electrons. The Labute approximate surface area is 550 Å². The van der Waals surface area contributed by atoms with Crippen molar-refractivity contribution in [2.45, 2.75) is 56.7 Å². The fraction of sp³-hybridized carbons (Fsp3) is 0.354. The molecule has 3 aromatic carbocycles. The summed E-state index contributed by atoms with van der Waals surface area (Å²) in [5.74, 6) is -0.229. The van der Waals surface area contributed by atoms with Crippen LogP contribution in [0.2, 0.25) is 0 Å². The molecule has 0 unspecified atom stereocenters. The molecule has 6 N–H and O–H groups in total. The Hall–Kier alpha value is -9.26. The van der Waals surface area contributed by atoms with Gasteiger partial charge in [-0.1, -0.05) is 52.2 Å². The van der Waals surface area contributed by atoms with Crippen LogP contribution in [0, 0.1) is 11.4 Å². The molecule has 1 saturated carbocycles. The van der Waals surface area contributed by atoms with E-state index < -0.39 is 5.95 Å². The molecular weight excluding hydrogens is 1260 g/mol. The highest BCUT2D eigenvalue weighted by molar-refractivity contribution is 7.22. The minimum absolute atomic E-state index is 0.00489. The van der Waals surface area contributed by atoms with Gasteiger partial charge >= 0.3 is 0 Å². The third-order valence-electron chi connectivity index (χ3n) is 18.6. The largest absolute Gasteiger partial charge is 0.507 e. The predicted octanol–water partition coefficient (Wildman–Crippen LogP) is 10.4. The number of piperidine rings is 2. The number of aromatic nitrogens is 15. The molecule has 0 amide bonds. The summed E-state index contributed by atoms with van der Waals surface area (Å²) < 4.78 is 29.1. The number of aromatic amines is 3. The first-order valence-corrected chi connectivity index (χ1v) is 33.7. The predicted molar refractivity (Wildman–Crippen MR) is 362 cm³/mol. The summed E-state index contributed by atoms with van der Waals surface area (Å²) >= 11 is 4.80. The molecule has 4 saturated heterocycles.